The predicted octanol–water partition coefficient (Wildman–Crippen LogP) is 4.54. The number of nitrogens with zero attached hydrogens (tertiary/aromatic N) is 2. The number of H-pyrrole nitrogens is 1. The third kappa shape index (κ3) is 4.52. The standard InChI is InChI=1S/C18H20.C2H3N3/c1-2-7-15(8-3-1)13-14-17-11-6-10-16-9-4-5-12-18(16)17;1-2-4-5-3-1/h1-5,7-9,12,17H,6,10-11,13-14H2;1-2H,(H,3,4,5). The normalized spacial score (nSPS) is 16.1. The zero-order valence-electron chi connectivity index (χ0n) is 13.4. The summed E-state index contributed by atoms with van der Waals surface area (Å²) in [5.41, 5.74) is 4.67. The van der Waals surface area contributed by atoms with E-state index in [1.807, 2.05) is 0 Å². The first-order valence-corrected chi connectivity index (χ1v) is 8.35. The van der Waals surface area contributed by atoms with Gasteiger partial charge in [0.15, 0.2) is 0 Å². The van der Waals surface area contributed by atoms with Crippen molar-refractivity contribution in [1.82, 2.24) is 15.4 Å². The summed E-state index contributed by atoms with van der Waals surface area (Å²) in [6.45, 7) is 0. The zero-order valence-corrected chi connectivity index (χ0v) is 13.4. The minimum absolute atomic E-state index is 0.773. The lowest BCUT2D eigenvalue weighted by atomic mass is 9.80. The molecule has 1 N–H and O–H groups in total. The Kier molecular flexibility index (Phi) is 5.57. The molecule has 0 saturated carbocycles. The average Bonchev–Trinajstić information content (AvgIpc) is 3.21. The van der Waals surface area contributed by atoms with E-state index in [4.69, 9.17) is 0 Å². The molecule has 0 spiro atoms. The van der Waals surface area contributed by atoms with Gasteiger partial charge < -0.3 is 0 Å². The number of rotatable bonds is 3. The molecule has 3 heteroatoms. The molecule has 0 amide bonds. The summed E-state index contributed by atoms with van der Waals surface area (Å²) in [5.74, 6) is 0.773. The van der Waals surface area contributed by atoms with Crippen LogP contribution in [0, 0.1) is 0 Å². The van der Waals surface area contributed by atoms with Crippen molar-refractivity contribution in [2.75, 3.05) is 0 Å². The first kappa shape index (κ1) is 15.5. The molecule has 1 aromatic heterocycles. The quantitative estimate of drug-likeness (QED) is 0.771. The lowest BCUT2D eigenvalue weighted by molar-refractivity contribution is 0.520. The molecule has 23 heavy (non-hydrogen) atoms. The van der Waals surface area contributed by atoms with Crippen molar-refractivity contribution in [3.63, 3.8) is 0 Å². The van der Waals surface area contributed by atoms with E-state index in [-0.39, 0.29) is 0 Å². The molecular weight excluding hydrogens is 282 g/mol. The Balaban J connectivity index is 0.000000267. The summed E-state index contributed by atoms with van der Waals surface area (Å²) in [6, 6.07) is 19.9. The summed E-state index contributed by atoms with van der Waals surface area (Å²) in [5, 5.41) is 9.26. The minimum atomic E-state index is 0.773. The van der Waals surface area contributed by atoms with E-state index in [2.05, 4.69) is 70.0 Å². The van der Waals surface area contributed by atoms with E-state index in [0.717, 1.165) is 5.92 Å². The summed E-state index contributed by atoms with van der Waals surface area (Å²) in [4.78, 5) is 0. The van der Waals surface area contributed by atoms with Gasteiger partial charge in [0.1, 0.15) is 0 Å². The molecule has 1 unspecified atom stereocenters. The fourth-order valence-corrected chi connectivity index (χ4v) is 3.31. The Bertz CT molecular complexity index is 660. The molecule has 0 bridgehead atoms. The SMILES string of the molecule is c1c[nH]nn1.c1ccc(CCC2CCCc3ccccc32)cc1. The number of fused-ring (bicyclic) bond motifs is 1. The van der Waals surface area contributed by atoms with Crippen molar-refractivity contribution in [1.29, 1.82) is 0 Å². The van der Waals surface area contributed by atoms with Crippen LogP contribution in [0.3, 0.4) is 0 Å². The Morgan fingerprint density at radius 2 is 1.83 bits per heavy atom. The Labute approximate surface area is 137 Å². The van der Waals surface area contributed by atoms with Gasteiger partial charge in [0.2, 0.25) is 0 Å². The molecule has 118 valence electrons. The number of hydrogen-bond donors (Lipinski definition) is 1. The van der Waals surface area contributed by atoms with Gasteiger partial charge in [-0.25, -0.2) is 0 Å². The largest absolute Gasteiger partial charge is 0.266 e. The third-order valence-corrected chi connectivity index (χ3v) is 4.45. The van der Waals surface area contributed by atoms with Gasteiger partial charge in [0.25, 0.3) is 0 Å². The second-order valence-corrected chi connectivity index (χ2v) is 5.97. The molecule has 0 saturated heterocycles. The summed E-state index contributed by atoms with van der Waals surface area (Å²) < 4.78 is 0. The van der Waals surface area contributed by atoms with Crippen molar-refractivity contribution < 1.29 is 0 Å². The van der Waals surface area contributed by atoms with Crippen LogP contribution < -0.4 is 0 Å². The van der Waals surface area contributed by atoms with Crippen molar-refractivity contribution >= 4 is 0 Å². The first-order valence-electron chi connectivity index (χ1n) is 8.35. The van der Waals surface area contributed by atoms with Crippen molar-refractivity contribution in [2.45, 2.75) is 38.0 Å². The van der Waals surface area contributed by atoms with Gasteiger partial charge >= 0.3 is 0 Å². The monoisotopic (exact) mass is 305 g/mol. The highest BCUT2D eigenvalue weighted by Gasteiger charge is 2.19. The van der Waals surface area contributed by atoms with Crippen LogP contribution in [0.1, 0.15) is 41.9 Å². The summed E-state index contributed by atoms with van der Waals surface area (Å²) in [7, 11) is 0. The number of hydrogen-bond acceptors (Lipinski definition) is 2. The molecule has 3 aromatic rings. The van der Waals surface area contributed by atoms with Gasteiger partial charge in [-0.2, -0.15) is 0 Å². The molecule has 2 aromatic carbocycles. The maximum Gasteiger partial charge on any atom is 0.0690 e. The molecule has 4 rings (SSSR count). The summed E-state index contributed by atoms with van der Waals surface area (Å²) >= 11 is 0. The summed E-state index contributed by atoms with van der Waals surface area (Å²) in [6.07, 6.45) is 9.74. The lowest BCUT2D eigenvalue weighted by Gasteiger charge is -2.25. The highest BCUT2D eigenvalue weighted by Crippen LogP contribution is 2.34. The molecular formula is C20H23N3. The van der Waals surface area contributed by atoms with Crippen LogP contribution >= 0.6 is 0 Å². The van der Waals surface area contributed by atoms with Crippen LogP contribution in [0.5, 0.6) is 0 Å². The molecule has 1 aliphatic rings. The fraction of sp³-hybridized carbons (Fsp3) is 0.300. The zero-order chi connectivity index (χ0) is 15.7. The molecule has 1 aliphatic carbocycles. The highest BCUT2D eigenvalue weighted by molar-refractivity contribution is 5.32. The number of nitrogens with one attached hydrogen (secondary N) is 1. The van der Waals surface area contributed by atoms with Crippen LogP contribution in [0.15, 0.2) is 67.0 Å². The maximum atomic E-state index is 3.42. The smallest absolute Gasteiger partial charge is 0.0690 e. The van der Waals surface area contributed by atoms with E-state index in [1.165, 1.54) is 37.7 Å². The topological polar surface area (TPSA) is 41.6 Å². The van der Waals surface area contributed by atoms with Crippen molar-refractivity contribution in [3.05, 3.63) is 83.7 Å². The van der Waals surface area contributed by atoms with Crippen LogP contribution in [0.2, 0.25) is 0 Å². The van der Waals surface area contributed by atoms with Crippen molar-refractivity contribution in [2.24, 2.45) is 0 Å². The highest BCUT2D eigenvalue weighted by atomic mass is 15.3. The molecule has 1 heterocycles. The fourth-order valence-electron chi connectivity index (χ4n) is 3.31. The molecule has 3 nitrogen and oxygen atoms in total. The van der Waals surface area contributed by atoms with E-state index >= 15 is 0 Å². The second-order valence-electron chi connectivity index (χ2n) is 5.97. The van der Waals surface area contributed by atoms with Gasteiger partial charge in [0, 0.05) is 6.20 Å². The molecule has 0 fully saturated rings. The Morgan fingerprint density at radius 1 is 1.00 bits per heavy atom. The van der Waals surface area contributed by atoms with Crippen LogP contribution in [-0.2, 0) is 12.8 Å². The van der Waals surface area contributed by atoms with Crippen LogP contribution in [0.25, 0.3) is 0 Å². The van der Waals surface area contributed by atoms with E-state index in [0.29, 0.717) is 0 Å². The van der Waals surface area contributed by atoms with Gasteiger partial charge in [0.05, 0.1) is 6.20 Å². The second kappa shape index (κ2) is 8.28. The maximum absolute atomic E-state index is 3.42. The van der Waals surface area contributed by atoms with E-state index in [1.54, 1.807) is 23.5 Å². The van der Waals surface area contributed by atoms with E-state index < -0.39 is 0 Å². The van der Waals surface area contributed by atoms with Crippen molar-refractivity contribution in [3.8, 4) is 0 Å². The molecule has 1 atom stereocenters. The lowest BCUT2D eigenvalue weighted by Crippen LogP contribution is -2.10. The van der Waals surface area contributed by atoms with Crippen LogP contribution in [-0.4, -0.2) is 15.4 Å². The number of aromatic nitrogens is 3. The predicted molar refractivity (Wildman–Crippen MR) is 93.3 cm³/mol. The van der Waals surface area contributed by atoms with E-state index in [9.17, 15) is 0 Å². The van der Waals surface area contributed by atoms with Gasteiger partial charge in [-0.05, 0) is 54.7 Å². The van der Waals surface area contributed by atoms with Gasteiger partial charge in [-0.1, -0.05) is 59.8 Å². The number of aryl methyl sites for hydroxylation is 2. The Morgan fingerprint density at radius 3 is 2.57 bits per heavy atom. The molecule has 0 radical (unpaired) electrons. The first-order chi connectivity index (χ1) is 11.4. The average molecular weight is 305 g/mol. The van der Waals surface area contributed by atoms with Gasteiger partial charge in [-0.3, -0.25) is 5.10 Å². The number of benzene rings is 2. The number of aromatic amines is 1. The van der Waals surface area contributed by atoms with Gasteiger partial charge in [-0.15, -0.1) is 5.10 Å². The molecule has 0 aliphatic heterocycles. The van der Waals surface area contributed by atoms with Crippen LogP contribution in [0.4, 0.5) is 0 Å². The Hall–Kier alpha value is -2.42. The third-order valence-electron chi connectivity index (χ3n) is 4.45. The minimum Gasteiger partial charge on any atom is -0.266 e.